The van der Waals surface area contributed by atoms with Crippen LogP contribution in [0.4, 0.5) is 11.5 Å². The average Bonchev–Trinajstić information content (AvgIpc) is 3.33. The van der Waals surface area contributed by atoms with Crippen molar-refractivity contribution in [2.24, 2.45) is 4.99 Å². The first kappa shape index (κ1) is 18.8. The van der Waals surface area contributed by atoms with E-state index in [9.17, 15) is 4.79 Å². The van der Waals surface area contributed by atoms with Gasteiger partial charge in [0.25, 0.3) is 5.91 Å². The van der Waals surface area contributed by atoms with Gasteiger partial charge < -0.3 is 15.5 Å². The second-order valence-corrected chi connectivity index (χ2v) is 8.60. The molecule has 6 nitrogen and oxygen atoms in total. The van der Waals surface area contributed by atoms with Gasteiger partial charge in [-0.1, -0.05) is 36.4 Å². The number of benzene rings is 1. The van der Waals surface area contributed by atoms with Gasteiger partial charge in [0.2, 0.25) is 0 Å². The van der Waals surface area contributed by atoms with E-state index in [0.717, 1.165) is 35.1 Å². The maximum atomic E-state index is 12.8. The molecule has 2 aromatic heterocycles. The molecule has 1 fully saturated rings. The summed E-state index contributed by atoms with van der Waals surface area (Å²) >= 11 is 1.50. The molecule has 0 unspecified atom stereocenters. The molecule has 7 heteroatoms. The van der Waals surface area contributed by atoms with Gasteiger partial charge in [0.1, 0.15) is 5.84 Å². The van der Waals surface area contributed by atoms with Crippen LogP contribution in [0.25, 0.3) is 0 Å². The van der Waals surface area contributed by atoms with Crippen molar-refractivity contribution in [3.63, 3.8) is 0 Å². The number of carbonyl (C=O) groups excluding carboxylic acids is 1. The highest BCUT2D eigenvalue weighted by atomic mass is 32.1. The van der Waals surface area contributed by atoms with Crippen LogP contribution in [0.5, 0.6) is 0 Å². The highest BCUT2D eigenvalue weighted by molar-refractivity contribution is 7.12. The minimum absolute atomic E-state index is 0.119. The molecule has 0 atom stereocenters. The predicted octanol–water partition coefficient (Wildman–Crippen LogP) is 4.25. The zero-order valence-electron chi connectivity index (χ0n) is 16.5. The molecule has 1 saturated heterocycles. The van der Waals surface area contributed by atoms with Crippen LogP contribution in [-0.4, -0.2) is 40.3 Å². The lowest BCUT2D eigenvalue weighted by Gasteiger charge is -2.46. The van der Waals surface area contributed by atoms with E-state index in [1.807, 2.05) is 52.7 Å². The molecule has 2 N–H and O–H groups in total. The van der Waals surface area contributed by atoms with E-state index in [1.165, 1.54) is 16.9 Å². The number of aromatic nitrogens is 1. The van der Waals surface area contributed by atoms with Crippen molar-refractivity contribution in [1.29, 1.82) is 0 Å². The van der Waals surface area contributed by atoms with Crippen molar-refractivity contribution in [1.82, 2.24) is 9.88 Å². The zero-order chi connectivity index (χ0) is 20.4. The standard InChI is InChI=1S/C23H23N5OS/c29-21(19-9-5-15-30-19)28-13-10-23(11-14-28)22(25-16-17-6-2-1-3-7-17)26-20-18(27-23)8-4-12-24-20/h1-9,12,15,27H,10-11,13-14,16H2,(H,24,25,26). The largest absolute Gasteiger partial charge is 0.370 e. The van der Waals surface area contributed by atoms with Crippen LogP contribution >= 0.6 is 11.3 Å². The highest BCUT2D eigenvalue weighted by Crippen LogP contribution is 2.36. The molecule has 152 valence electrons. The van der Waals surface area contributed by atoms with E-state index in [-0.39, 0.29) is 11.4 Å². The summed E-state index contributed by atoms with van der Waals surface area (Å²) in [5.41, 5.74) is 1.82. The molecule has 0 aliphatic carbocycles. The molecule has 0 radical (unpaired) electrons. The van der Waals surface area contributed by atoms with E-state index in [1.54, 1.807) is 6.20 Å². The molecule has 5 rings (SSSR count). The van der Waals surface area contributed by atoms with Crippen LogP contribution in [0.3, 0.4) is 0 Å². The molecule has 1 aromatic carbocycles. The number of piperidine rings is 1. The summed E-state index contributed by atoms with van der Waals surface area (Å²) in [4.78, 5) is 24.9. The van der Waals surface area contributed by atoms with Crippen LogP contribution in [0, 0.1) is 0 Å². The average molecular weight is 418 g/mol. The lowest BCUT2D eigenvalue weighted by Crippen LogP contribution is -2.59. The Bertz CT molecular complexity index is 1060. The monoisotopic (exact) mass is 417 g/mol. The third-order valence-corrected chi connectivity index (χ3v) is 6.63. The predicted molar refractivity (Wildman–Crippen MR) is 121 cm³/mol. The van der Waals surface area contributed by atoms with Gasteiger partial charge in [0.15, 0.2) is 5.82 Å². The van der Waals surface area contributed by atoms with E-state index >= 15 is 0 Å². The smallest absolute Gasteiger partial charge is 0.263 e. The first-order chi connectivity index (χ1) is 14.7. The molecular weight excluding hydrogens is 394 g/mol. The van der Waals surface area contributed by atoms with Crippen molar-refractivity contribution < 1.29 is 4.79 Å². The molecule has 1 spiro atoms. The molecular formula is C23H23N5OS. The quantitative estimate of drug-likeness (QED) is 0.668. The summed E-state index contributed by atoms with van der Waals surface area (Å²) in [7, 11) is 0. The van der Waals surface area contributed by atoms with Crippen molar-refractivity contribution in [3.8, 4) is 0 Å². The Hall–Kier alpha value is -3.19. The number of carbonyl (C=O) groups is 1. The van der Waals surface area contributed by atoms with Crippen LogP contribution in [0.1, 0.15) is 28.1 Å². The Morgan fingerprint density at radius 2 is 1.93 bits per heavy atom. The lowest BCUT2D eigenvalue weighted by atomic mass is 9.84. The molecule has 3 aromatic rings. The number of hydrogen-bond donors (Lipinski definition) is 2. The summed E-state index contributed by atoms with van der Waals surface area (Å²) in [5.74, 6) is 1.82. The number of pyridine rings is 1. The van der Waals surface area contributed by atoms with Gasteiger partial charge in [0, 0.05) is 19.3 Å². The topological polar surface area (TPSA) is 69.6 Å². The van der Waals surface area contributed by atoms with E-state index in [4.69, 9.17) is 4.99 Å². The first-order valence-electron chi connectivity index (χ1n) is 10.2. The SMILES string of the molecule is O=C(c1cccs1)N1CCC2(CC1)Nc1cccnc1NC2=NCc1ccccc1. The highest BCUT2D eigenvalue weighted by Gasteiger charge is 2.43. The van der Waals surface area contributed by atoms with E-state index < -0.39 is 0 Å². The number of thiophene rings is 1. The number of hydrogen-bond acceptors (Lipinski definition) is 5. The second kappa shape index (κ2) is 7.91. The van der Waals surface area contributed by atoms with Gasteiger partial charge in [-0.15, -0.1) is 11.3 Å². The molecule has 2 aliphatic heterocycles. The van der Waals surface area contributed by atoms with E-state index in [2.05, 4.69) is 27.8 Å². The summed E-state index contributed by atoms with van der Waals surface area (Å²) in [6.45, 7) is 1.98. The Kier molecular flexibility index (Phi) is 4.96. The zero-order valence-corrected chi connectivity index (χ0v) is 17.4. The number of rotatable bonds is 3. The third-order valence-electron chi connectivity index (χ3n) is 5.77. The molecule has 1 amide bonds. The summed E-state index contributed by atoms with van der Waals surface area (Å²) < 4.78 is 0. The number of nitrogens with one attached hydrogen (secondary N) is 2. The van der Waals surface area contributed by atoms with Crippen LogP contribution in [-0.2, 0) is 6.54 Å². The van der Waals surface area contributed by atoms with Gasteiger partial charge >= 0.3 is 0 Å². The number of amides is 1. The number of fused-ring (bicyclic) bond motifs is 1. The van der Waals surface area contributed by atoms with Crippen LogP contribution in [0.15, 0.2) is 71.2 Å². The molecule has 0 saturated carbocycles. The Morgan fingerprint density at radius 3 is 2.70 bits per heavy atom. The molecule has 2 aliphatic rings. The van der Waals surface area contributed by atoms with Gasteiger partial charge in [0.05, 0.1) is 22.6 Å². The Labute approximate surface area is 179 Å². The summed E-state index contributed by atoms with van der Waals surface area (Å²) in [5, 5.41) is 9.12. The van der Waals surface area contributed by atoms with Gasteiger partial charge in [-0.3, -0.25) is 9.79 Å². The Balaban J connectivity index is 1.40. The van der Waals surface area contributed by atoms with Crippen LogP contribution < -0.4 is 10.6 Å². The number of anilines is 2. The fourth-order valence-electron chi connectivity index (χ4n) is 4.11. The molecule has 30 heavy (non-hydrogen) atoms. The fraction of sp³-hybridized carbons (Fsp3) is 0.261. The lowest BCUT2D eigenvalue weighted by molar-refractivity contribution is 0.0710. The van der Waals surface area contributed by atoms with Crippen molar-refractivity contribution in [3.05, 3.63) is 76.6 Å². The summed E-state index contributed by atoms with van der Waals surface area (Å²) in [6.07, 6.45) is 3.36. The normalized spacial score (nSPS) is 18.5. The van der Waals surface area contributed by atoms with Crippen LogP contribution in [0.2, 0.25) is 0 Å². The maximum Gasteiger partial charge on any atom is 0.263 e. The van der Waals surface area contributed by atoms with Gasteiger partial charge in [-0.2, -0.15) is 0 Å². The summed E-state index contributed by atoms with van der Waals surface area (Å²) in [6, 6.07) is 18.0. The maximum absolute atomic E-state index is 12.8. The Morgan fingerprint density at radius 1 is 1.10 bits per heavy atom. The number of aliphatic imine (C=N–C) groups is 1. The van der Waals surface area contributed by atoms with Gasteiger partial charge in [-0.05, 0) is 42.0 Å². The number of likely N-dealkylation sites (tertiary alicyclic amines) is 1. The molecule has 4 heterocycles. The van der Waals surface area contributed by atoms with Crippen molar-refractivity contribution in [2.45, 2.75) is 24.9 Å². The second-order valence-electron chi connectivity index (χ2n) is 7.65. The third kappa shape index (κ3) is 3.57. The van der Waals surface area contributed by atoms with Crippen molar-refractivity contribution in [2.75, 3.05) is 23.7 Å². The number of nitrogens with zero attached hydrogens (tertiary/aromatic N) is 3. The fourth-order valence-corrected chi connectivity index (χ4v) is 4.80. The number of amidine groups is 1. The van der Waals surface area contributed by atoms with E-state index in [0.29, 0.717) is 19.6 Å². The minimum atomic E-state index is -0.322. The van der Waals surface area contributed by atoms with Crippen molar-refractivity contribution >= 4 is 34.6 Å². The van der Waals surface area contributed by atoms with Gasteiger partial charge in [-0.25, -0.2) is 4.98 Å². The first-order valence-corrected chi connectivity index (χ1v) is 11.0. The molecule has 0 bridgehead atoms. The minimum Gasteiger partial charge on any atom is -0.370 e.